The molecule has 0 bridgehead atoms. The van der Waals surface area contributed by atoms with Gasteiger partial charge in [-0.1, -0.05) is 78.9 Å². The number of hydrogen-bond acceptors (Lipinski definition) is 3. The highest BCUT2D eigenvalue weighted by atomic mass is 16.2. The standard InChI is InChI=1S/C25H23N3O3/c1-17(19-12-6-3-7-13-19)26-23(29)24(30)27-22-20-14-8-9-15-21(20)28(25(22)31)16-18-10-4-2-5-11-18/h2-15,17,22H,16H2,1H3,(H,26,29)(H,27,30)/t17-,22-/m0/s1. The first kappa shape index (κ1) is 20.3. The van der Waals surface area contributed by atoms with Gasteiger partial charge in [0.15, 0.2) is 0 Å². The second-order valence-corrected chi connectivity index (χ2v) is 7.48. The molecular weight excluding hydrogens is 390 g/mol. The Balaban J connectivity index is 1.48. The number of fused-ring (bicyclic) bond motifs is 1. The summed E-state index contributed by atoms with van der Waals surface area (Å²) >= 11 is 0. The predicted molar refractivity (Wildman–Crippen MR) is 118 cm³/mol. The van der Waals surface area contributed by atoms with Crippen LogP contribution < -0.4 is 15.5 Å². The molecule has 156 valence electrons. The molecule has 31 heavy (non-hydrogen) atoms. The number of anilines is 1. The summed E-state index contributed by atoms with van der Waals surface area (Å²) in [5.74, 6) is -1.87. The van der Waals surface area contributed by atoms with Gasteiger partial charge in [-0.15, -0.1) is 0 Å². The van der Waals surface area contributed by atoms with E-state index in [1.54, 1.807) is 17.9 Å². The van der Waals surface area contributed by atoms with E-state index in [1.165, 1.54) is 0 Å². The van der Waals surface area contributed by atoms with Crippen molar-refractivity contribution in [1.82, 2.24) is 10.6 Å². The van der Waals surface area contributed by atoms with Crippen molar-refractivity contribution in [2.24, 2.45) is 0 Å². The minimum Gasteiger partial charge on any atom is -0.341 e. The van der Waals surface area contributed by atoms with Crippen molar-refractivity contribution in [2.75, 3.05) is 4.90 Å². The molecule has 1 aliphatic rings. The highest BCUT2D eigenvalue weighted by molar-refractivity contribution is 6.35. The maximum atomic E-state index is 13.1. The fourth-order valence-corrected chi connectivity index (χ4v) is 3.74. The first-order valence-corrected chi connectivity index (χ1v) is 10.1. The van der Waals surface area contributed by atoms with Crippen LogP contribution in [-0.2, 0) is 20.9 Å². The fraction of sp³-hybridized carbons (Fsp3) is 0.160. The van der Waals surface area contributed by atoms with E-state index < -0.39 is 17.9 Å². The Morgan fingerprint density at radius 2 is 1.48 bits per heavy atom. The highest BCUT2D eigenvalue weighted by Gasteiger charge is 2.38. The first-order valence-electron chi connectivity index (χ1n) is 10.1. The number of carbonyl (C=O) groups is 3. The van der Waals surface area contributed by atoms with Gasteiger partial charge in [-0.3, -0.25) is 14.4 Å². The quantitative estimate of drug-likeness (QED) is 0.630. The van der Waals surface area contributed by atoms with Crippen molar-refractivity contribution in [3.63, 3.8) is 0 Å². The summed E-state index contributed by atoms with van der Waals surface area (Å²) in [7, 11) is 0. The normalized spacial score (nSPS) is 15.8. The summed E-state index contributed by atoms with van der Waals surface area (Å²) in [6.07, 6.45) is 0. The Kier molecular flexibility index (Phi) is 5.80. The van der Waals surface area contributed by atoms with Crippen LogP contribution in [-0.4, -0.2) is 17.7 Å². The smallest absolute Gasteiger partial charge is 0.310 e. The third-order valence-corrected chi connectivity index (χ3v) is 5.36. The van der Waals surface area contributed by atoms with E-state index >= 15 is 0 Å². The Hall–Kier alpha value is -3.93. The van der Waals surface area contributed by atoms with Crippen LogP contribution in [0.4, 0.5) is 5.69 Å². The summed E-state index contributed by atoms with van der Waals surface area (Å²) in [6, 6.07) is 25.1. The zero-order valence-electron chi connectivity index (χ0n) is 17.1. The second-order valence-electron chi connectivity index (χ2n) is 7.48. The SMILES string of the molecule is C[C@H](NC(=O)C(=O)N[C@@H]1C(=O)N(Cc2ccccc2)c2ccccc21)c1ccccc1. The summed E-state index contributed by atoms with van der Waals surface area (Å²) in [5, 5.41) is 5.30. The number of amides is 3. The van der Waals surface area contributed by atoms with E-state index in [2.05, 4.69) is 10.6 Å². The molecule has 4 rings (SSSR count). The van der Waals surface area contributed by atoms with E-state index in [0.29, 0.717) is 12.1 Å². The van der Waals surface area contributed by atoms with E-state index in [4.69, 9.17) is 0 Å². The van der Waals surface area contributed by atoms with Crippen LogP contribution in [0.2, 0.25) is 0 Å². The molecule has 0 saturated heterocycles. The summed E-state index contributed by atoms with van der Waals surface area (Å²) < 4.78 is 0. The van der Waals surface area contributed by atoms with Gasteiger partial charge in [0.25, 0.3) is 5.91 Å². The minimum absolute atomic E-state index is 0.262. The Morgan fingerprint density at radius 1 is 0.871 bits per heavy atom. The highest BCUT2D eigenvalue weighted by Crippen LogP contribution is 2.36. The lowest BCUT2D eigenvalue weighted by molar-refractivity contribution is -0.140. The maximum Gasteiger partial charge on any atom is 0.310 e. The van der Waals surface area contributed by atoms with Gasteiger partial charge >= 0.3 is 11.8 Å². The third-order valence-electron chi connectivity index (χ3n) is 5.36. The van der Waals surface area contributed by atoms with Crippen molar-refractivity contribution >= 4 is 23.4 Å². The van der Waals surface area contributed by atoms with Gasteiger partial charge in [-0.2, -0.15) is 0 Å². The molecule has 0 unspecified atom stereocenters. The zero-order chi connectivity index (χ0) is 21.8. The molecule has 1 aliphatic heterocycles. The van der Waals surface area contributed by atoms with Gasteiger partial charge in [0.2, 0.25) is 0 Å². The minimum atomic E-state index is -0.898. The van der Waals surface area contributed by atoms with Gasteiger partial charge in [0.1, 0.15) is 6.04 Å². The zero-order valence-corrected chi connectivity index (χ0v) is 17.1. The number of hydrogen-bond donors (Lipinski definition) is 2. The van der Waals surface area contributed by atoms with Crippen molar-refractivity contribution in [2.45, 2.75) is 25.6 Å². The Morgan fingerprint density at radius 3 is 2.19 bits per heavy atom. The van der Waals surface area contributed by atoms with E-state index in [-0.39, 0.29) is 11.9 Å². The summed E-state index contributed by atoms with van der Waals surface area (Å²) in [5.41, 5.74) is 3.28. The topological polar surface area (TPSA) is 78.5 Å². The predicted octanol–water partition coefficient (Wildman–Crippen LogP) is 3.27. The van der Waals surface area contributed by atoms with Gasteiger partial charge in [0.05, 0.1) is 12.6 Å². The molecule has 1 heterocycles. The molecule has 0 spiro atoms. The summed E-state index contributed by atoms with van der Waals surface area (Å²) in [6.45, 7) is 2.19. The molecule has 3 aromatic carbocycles. The van der Waals surface area contributed by atoms with E-state index in [1.807, 2.05) is 78.9 Å². The molecule has 2 N–H and O–H groups in total. The van der Waals surface area contributed by atoms with Crippen molar-refractivity contribution in [3.8, 4) is 0 Å². The van der Waals surface area contributed by atoms with E-state index in [9.17, 15) is 14.4 Å². The van der Waals surface area contributed by atoms with Crippen molar-refractivity contribution in [3.05, 3.63) is 102 Å². The van der Waals surface area contributed by atoms with Gasteiger partial charge in [0, 0.05) is 11.3 Å². The Bertz CT molecular complexity index is 1100. The van der Waals surface area contributed by atoms with Crippen molar-refractivity contribution in [1.29, 1.82) is 0 Å². The average molecular weight is 413 g/mol. The van der Waals surface area contributed by atoms with Crippen LogP contribution in [0.3, 0.4) is 0 Å². The third kappa shape index (κ3) is 4.33. The van der Waals surface area contributed by atoms with Gasteiger partial charge in [-0.05, 0) is 24.1 Å². The lowest BCUT2D eigenvalue weighted by Crippen LogP contribution is -2.45. The number of nitrogens with one attached hydrogen (secondary N) is 2. The summed E-state index contributed by atoms with van der Waals surface area (Å²) in [4.78, 5) is 39.8. The largest absolute Gasteiger partial charge is 0.341 e. The first-order chi connectivity index (χ1) is 15.0. The van der Waals surface area contributed by atoms with Crippen LogP contribution in [0.25, 0.3) is 0 Å². The lowest BCUT2D eigenvalue weighted by atomic mass is 10.1. The van der Waals surface area contributed by atoms with Crippen LogP contribution in [0, 0.1) is 0 Å². The van der Waals surface area contributed by atoms with Gasteiger partial charge in [-0.25, -0.2) is 0 Å². The second kappa shape index (κ2) is 8.83. The van der Waals surface area contributed by atoms with E-state index in [0.717, 1.165) is 16.8 Å². The molecule has 0 aromatic heterocycles. The number of para-hydroxylation sites is 1. The van der Waals surface area contributed by atoms with Gasteiger partial charge < -0.3 is 15.5 Å². The fourth-order valence-electron chi connectivity index (χ4n) is 3.74. The number of rotatable bonds is 5. The molecule has 3 aromatic rings. The number of benzene rings is 3. The molecule has 6 nitrogen and oxygen atoms in total. The van der Waals surface area contributed by atoms with Crippen molar-refractivity contribution < 1.29 is 14.4 Å². The molecule has 0 fully saturated rings. The maximum absolute atomic E-state index is 13.1. The van der Waals surface area contributed by atoms with Crippen LogP contribution in [0.1, 0.15) is 35.7 Å². The molecule has 6 heteroatoms. The van der Waals surface area contributed by atoms with Crippen LogP contribution in [0.5, 0.6) is 0 Å². The molecule has 0 aliphatic carbocycles. The lowest BCUT2D eigenvalue weighted by Gasteiger charge is -2.19. The molecule has 3 amide bonds. The number of carbonyl (C=O) groups excluding carboxylic acids is 3. The molecule has 0 saturated carbocycles. The molecule has 0 radical (unpaired) electrons. The average Bonchev–Trinajstić information content (AvgIpc) is 3.06. The van der Waals surface area contributed by atoms with Crippen LogP contribution in [0.15, 0.2) is 84.9 Å². The number of nitrogens with zero attached hydrogens (tertiary/aromatic N) is 1. The molecule has 2 atom stereocenters. The Labute approximate surface area is 180 Å². The van der Waals surface area contributed by atoms with Crippen LogP contribution >= 0.6 is 0 Å². The monoisotopic (exact) mass is 413 g/mol. The molecular formula is C25H23N3O3.